The third kappa shape index (κ3) is 3.50. The molecule has 0 spiro atoms. The molecule has 1 aliphatic rings. The summed E-state index contributed by atoms with van der Waals surface area (Å²) in [6.45, 7) is 2.04. The summed E-state index contributed by atoms with van der Waals surface area (Å²) in [4.78, 5) is -0.534. The minimum Gasteiger partial charge on any atom is -0.376 e. The van der Waals surface area contributed by atoms with Crippen LogP contribution >= 0.6 is 11.6 Å². The predicted octanol–water partition coefficient (Wildman–Crippen LogP) is 2.77. The van der Waals surface area contributed by atoms with E-state index in [-0.39, 0.29) is 30.8 Å². The highest BCUT2D eigenvalue weighted by atomic mass is 35.5. The van der Waals surface area contributed by atoms with E-state index in [1.807, 2.05) is 0 Å². The van der Waals surface area contributed by atoms with Crippen molar-refractivity contribution in [1.82, 2.24) is 4.31 Å². The van der Waals surface area contributed by atoms with Gasteiger partial charge in [0, 0.05) is 13.1 Å². The van der Waals surface area contributed by atoms with Gasteiger partial charge < -0.3 is 4.74 Å². The molecule has 0 N–H and O–H groups in total. The molecule has 1 saturated heterocycles. The summed E-state index contributed by atoms with van der Waals surface area (Å²) >= 11 is 5.78. The number of hydrogen-bond acceptors (Lipinski definition) is 3. The second-order valence-electron chi connectivity index (χ2n) is 4.69. The Bertz CT molecular complexity index is 633. The molecule has 21 heavy (non-hydrogen) atoms. The van der Waals surface area contributed by atoms with E-state index in [0.717, 1.165) is 16.4 Å². The largest absolute Gasteiger partial charge is 0.416 e. The minimum absolute atomic E-state index is 0.0783. The molecule has 0 unspecified atom stereocenters. The van der Waals surface area contributed by atoms with E-state index in [0.29, 0.717) is 6.07 Å². The molecular weight excluding hydrogens is 331 g/mol. The van der Waals surface area contributed by atoms with Crippen LogP contribution in [-0.2, 0) is 20.9 Å². The molecule has 0 amide bonds. The Morgan fingerprint density at radius 1 is 1.38 bits per heavy atom. The Morgan fingerprint density at radius 2 is 2.05 bits per heavy atom. The Labute approximate surface area is 125 Å². The lowest BCUT2D eigenvalue weighted by Crippen LogP contribution is -2.44. The minimum atomic E-state index is -4.63. The summed E-state index contributed by atoms with van der Waals surface area (Å²) in [6.07, 6.45) is -4.95. The molecule has 0 bridgehead atoms. The quantitative estimate of drug-likeness (QED) is 0.829. The molecule has 1 fully saturated rings. The first-order valence-corrected chi connectivity index (χ1v) is 7.92. The maximum atomic E-state index is 12.7. The SMILES string of the molecule is C[C@@H]1CN(S(=O)(=O)c2cc(C(F)(F)F)ccc2Cl)CCO1. The van der Waals surface area contributed by atoms with Gasteiger partial charge in [0.15, 0.2) is 0 Å². The molecule has 0 aliphatic carbocycles. The summed E-state index contributed by atoms with van der Waals surface area (Å²) < 4.78 is 69.4. The lowest BCUT2D eigenvalue weighted by atomic mass is 10.2. The Balaban J connectivity index is 2.44. The summed E-state index contributed by atoms with van der Waals surface area (Å²) in [6, 6.07) is 2.27. The second-order valence-corrected chi connectivity index (χ2v) is 7.00. The fourth-order valence-corrected chi connectivity index (χ4v) is 4.02. The predicted molar refractivity (Wildman–Crippen MR) is 70.6 cm³/mol. The summed E-state index contributed by atoms with van der Waals surface area (Å²) in [5.74, 6) is 0. The molecule has 118 valence electrons. The first kappa shape index (κ1) is 16.5. The lowest BCUT2D eigenvalue weighted by Gasteiger charge is -2.30. The molecule has 1 heterocycles. The molecular formula is C12H13ClF3NO3S. The second kappa shape index (κ2) is 5.75. The van der Waals surface area contributed by atoms with Gasteiger partial charge in [-0.2, -0.15) is 17.5 Å². The zero-order chi connectivity index (χ0) is 15.8. The number of sulfonamides is 1. The monoisotopic (exact) mass is 343 g/mol. The normalized spacial score (nSPS) is 21.5. The van der Waals surface area contributed by atoms with Crippen molar-refractivity contribution < 1.29 is 26.3 Å². The lowest BCUT2D eigenvalue weighted by molar-refractivity contribution is -0.137. The van der Waals surface area contributed by atoms with Gasteiger partial charge in [0.05, 0.1) is 23.3 Å². The molecule has 1 aliphatic heterocycles. The van der Waals surface area contributed by atoms with E-state index in [2.05, 4.69) is 0 Å². The van der Waals surface area contributed by atoms with Crippen LogP contribution in [-0.4, -0.2) is 38.5 Å². The van der Waals surface area contributed by atoms with Crippen LogP contribution in [0.1, 0.15) is 12.5 Å². The number of nitrogens with zero attached hydrogens (tertiary/aromatic N) is 1. The zero-order valence-electron chi connectivity index (χ0n) is 11.0. The topological polar surface area (TPSA) is 46.6 Å². The van der Waals surface area contributed by atoms with Crippen molar-refractivity contribution in [3.8, 4) is 0 Å². The average molecular weight is 344 g/mol. The molecule has 0 aromatic heterocycles. The fraction of sp³-hybridized carbons (Fsp3) is 0.500. The van der Waals surface area contributed by atoms with E-state index in [1.54, 1.807) is 6.92 Å². The number of rotatable bonds is 2. The molecule has 4 nitrogen and oxygen atoms in total. The van der Waals surface area contributed by atoms with E-state index >= 15 is 0 Å². The molecule has 1 aromatic carbocycles. The molecule has 0 radical (unpaired) electrons. The van der Waals surface area contributed by atoms with Crippen molar-refractivity contribution in [2.45, 2.75) is 24.1 Å². The van der Waals surface area contributed by atoms with Crippen LogP contribution < -0.4 is 0 Å². The number of morpholine rings is 1. The van der Waals surface area contributed by atoms with Crippen LogP contribution in [0.3, 0.4) is 0 Å². The number of benzene rings is 1. The van der Waals surface area contributed by atoms with E-state index in [9.17, 15) is 21.6 Å². The number of halogens is 4. The highest BCUT2D eigenvalue weighted by molar-refractivity contribution is 7.89. The number of ether oxygens (including phenoxy) is 1. The summed E-state index contributed by atoms with van der Waals surface area (Å²) in [7, 11) is -4.09. The molecule has 1 atom stereocenters. The summed E-state index contributed by atoms with van der Waals surface area (Å²) in [5.41, 5.74) is -1.05. The van der Waals surface area contributed by atoms with Crippen molar-refractivity contribution >= 4 is 21.6 Å². The third-order valence-electron chi connectivity index (χ3n) is 3.08. The van der Waals surface area contributed by atoms with Crippen molar-refractivity contribution in [2.24, 2.45) is 0 Å². The third-order valence-corrected chi connectivity index (χ3v) is 5.43. The highest BCUT2D eigenvalue weighted by Gasteiger charge is 2.35. The van der Waals surface area contributed by atoms with E-state index in [4.69, 9.17) is 16.3 Å². The maximum Gasteiger partial charge on any atom is 0.416 e. The molecule has 2 rings (SSSR count). The Hall–Kier alpha value is -0.830. The van der Waals surface area contributed by atoms with Gasteiger partial charge in [0.25, 0.3) is 0 Å². The van der Waals surface area contributed by atoms with E-state index < -0.39 is 26.7 Å². The van der Waals surface area contributed by atoms with Crippen LogP contribution in [0.5, 0.6) is 0 Å². The van der Waals surface area contributed by atoms with Gasteiger partial charge in [-0.3, -0.25) is 0 Å². The van der Waals surface area contributed by atoms with Crippen LogP contribution in [0.15, 0.2) is 23.1 Å². The average Bonchev–Trinajstić information content (AvgIpc) is 2.37. The van der Waals surface area contributed by atoms with Crippen LogP contribution in [0.25, 0.3) is 0 Å². The number of hydrogen-bond donors (Lipinski definition) is 0. The fourth-order valence-electron chi connectivity index (χ4n) is 2.02. The Morgan fingerprint density at radius 3 is 2.62 bits per heavy atom. The van der Waals surface area contributed by atoms with Crippen LogP contribution in [0.4, 0.5) is 13.2 Å². The molecule has 9 heteroatoms. The maximum absolute atomic E-state index is 12.7. The standard InChI is InChI=1S/C12H13ClF3NO3S/c1-8-7-17(4-5-20-8)21(18,19)11-6-9(12(14,15)16)2-3-10(11)13/h2-3,6,8H,4-5,7H2,1H3/t8-/m1/s1. The Kier molecular flexibility index (Phi) is 4.53. The van der Waals surface area contributed by atoms with Crippen molar-refractivity contribution in [3.05, 3.63) is 28.8 Å². The summed E-state index contributed by atoms with van der Waals surface area (Å²) in [5, 5.41) is -0.234. The van der Waals surface area contributed by atoms with Gasteiger partial charge in [-0.15, -0.1) is 0 Å². The van der Waals surface area contributed by atoms with Gasteiger partial charge in [-0.25, -0.2) is 8.42 Å². The van der Waals surface area contributed by atoms with Crippen LogP contribution in [0, 0.1) is 0 Å². The molecule has 1 aromatic rings. The number of alkyl halides is 3. The smallest absolute Gasteiger partial charge is 0.376 e. The first-order valence-electron chi connectivity index (χ1n) is 6.11. The van der Waals surface area contributed by atoms with Gasteiger partial charge in [0.2, 0.25) is 10.0 Å². The van der Waals surface area contributed by atoms with E-state index in [1.165, 1.54) is 0 Å². The van der Waals surface area contributed by atoms with Crippen molar-refractivity contribution in [3.63, 3.8) is 0 Å². The van der Waals surface area contributed by atoms with Crippen LogP contribution in [0.2, 0.25) is 5.02 Å². The van der Waals surface area contributed by atoms with Gasteiger partial charge in [-0.1, -0.05) is 11.6 Å². The van der Waals surface area contributed by atoms with Gasteiger partial charge >= 0.3 is 6.18 Å². The highest BCUT2D eigenvalue weighted by Crippen LogP contribution is 2.34. The first-order chi connectivity index (χ1) is 9.62. The zero-order valence-corrected chi connectivity index (χ0v) is 12.6. The van der Waals surface area contributed by atoms with Gasteiger partial charge in [-0.05, 0) is 25.1 Å². The van der Waals surface area contributed by atoms with Crippen molar-refractivity contribution in [2.75, 3.05) is 19.7 Å². The molecule has 0 saturated carbocycles. The van der Waals surface area contributed by atoms with Gasteiger partial charge in [0.1, 0.15) is 4.90 Å². The van der Waals surface area contributed by atoms with Crippen molar-refractivity contribution in [1.29, 1.82) is 0 Å².